The molecule has 4 nitrogen and oxygen atoms in total. The molecular weight excluding hydrogens is 288 g/mol. The quantitative estimate of drug-likeness (QED) is 0.838. The first-order valence-electron chi connectivity index (χ1n) is 6.22. The van der Waals surface area contributed by atoms with E-state index in [1.54, 1.807) is 18.2 Å². The normalized spacial score (nSPS) is 9.67. The van der Waals surface area contributed by atoms with Gasteiger partial charge in [0.15, 0.2) is 0 Å². The van der Waals surface area contributed by atoms with Gasteiger partial charge in [0.2, 0.25) is 0 Å². The van der Waals surface area contributed by atoms with Crippen molar-refractivity contribution in [2.45, 2.75) is 6.92 Å². The van der Waals surface area contributed by atoms with E-state index in [0.717, 1.165) is 5.56 Å². The fourth-order valence-corrected chi connectivity index (χ4v) is 1.87. The lowest BCUT2D eigenvalue weighted by atomic mass is 10.1. The molecule has 2 N–H and O–H groups in total. The lowest BCUT2D eigenvalue weighted by molar-refractivity contribution is 0.102. The van der Waals surface area contributed by atoms with Crippen LogP contribution in [0, 0.1) is 18.8 Å². The van der Waals surface area contributed by atoms with Crippen LogP contribution in [0.4, 0.5) is 5.69 Å². The van der Waals surface area contributed by atoms with E-state index in [0.29, 0.717) is 21.8 Å². The number of carbonyl (C=O) groups excluding carboxylic acids is 1. The summed E-state index contributed by atoms with van der Waals surface area (Å²) in [5.41, 5.74) is 2.52. The number of amides is 1. The molecule has 0 saturated heterocycles. The number of aromatic nitrogens is 1. The van der Waals surface area contributed by atoms with Crippen molar-refractivity contribution in [3.8, 4) is 11.8 Å². The maximum atomic E-state index is 12.2. The highest BCUT2D eigenvalue weighted by molar-refractivity contribution is 6.31. The van der Waals surface area contributed by atoms with Gasteiger partial charge in [-0.25, -0.2) is 0 Å². The molecule has 0 radical (unpaired) electrons. The molecule has 0 aliphatic heterocycles. The van der Waals surface area contributed by atoms with Gasteiger partial charge in [0.05, 0.1) is 5.56 Å². The number of aliphatic hydroxyl groups is 1. The number of benzene rings is 1. The second-order valence-electron chi connectivity index (χ2n) is 4.34. The van der Waals surface area contributed by atoms with Gasteiger partial charge in [-0.3, -0.25) is 9.78 Å². The summed E-state index contributed by atoms with van der Waals surface area (Å²) in [6.45, 7) is 1.64. The molecule has 21 heavy (non-hydrogen) atoms. The first-order valence-corrected chi connectivity index (χ1v) is 6.60. The van der Waals surface area contributed by atoms with Gasteiger partial charge >= 0.3 is 0 Å². The maximum Gasteiger partial charge on any atom is 0.257 e. The number of aryl methyl sites for hydroxylation is 1. The van der Waals surface area contributed by atoms with Crippen molar-refractivity contribution < 1.29 is 9.90 Å². The molecule has 1 amide bonds. The monoisotopic (exact) mass is 300 g/mol. The number of nitrogens with one attached hydrogen (secondary N) is 1. The number of rotatable bonds is 2. The summed E-state index contributed by atoms with van der Waals surface area (Å²) < 4.78 is 0. The van der Waals surface area contributed by atoms with Crippen molar-refractivity contribution in [3.63, 3.8) is 0 Å². The Hall–Kier alpha value is -2.35. The van der Waals surface area contributed by atoms with Gasteiger partial charge in [-0.2, -0.15) is 0 Å². The highest BCUT2D eigenvalue weighted by Gasteiger charge is 2.09. The Morgan fingerprint density at radius 1 is 1.38 bits per heavy atom. The lowest BCUT2D eigenvalue weighted by Crippen LogP contribution is -2.13. The van der Waals surface area contributed by atoms with Crippen LogP contribution in [0.15, 0.2) is 36.7 Å². The molecular formula is C16H13ClN2O2. The maximum absolute atomic E-state index is 12.2. The molecule has 0 fully saturated rings. The highest BCUT2D eigenvalue weighted by atomic mass is 35.5. The van der Waals surface area contributed by atoms with Gasteiger partial charge in [0.25, 0.3) is 5.91 Å². The second kappa shape index (κ2) is 6.89. The Labute approximate surface area is 127 Å². The van der Waals surface area contributed by atoms with Crippen molar-refractivity contribution in [2.75, 3.05) is 11.9 Å². The van der Waals surface area contributed by atoms with Crippen LogP contribution in [0.1, 0.15) is 21.5 Å². The van der Waals surface area contributed by atoms with Crippen LogP contribution in [-0.4, -0.2) is 22.6 Å². The fourth-order valence-electron chi connectivity index (χ4n) is 1.70. The summed E-state index contributed by atoms with van der Waals surface area (Å²) in [7, 11) is 0. The minimum atomic E-state index is -0.291. The Bertz CT molecular complexity index is 733. The minimum Gasteiger partial charge on any atom is -0.384 e. The Balaban J connectivity index is 2.22. The van der Waals surface area contributed by atoms with Crippen LogP contribution in [-0.2, 0) is 0 Å². The van der Waals surface area contributed by atoms with Crippen LogP contribution >= 0.6 is 11.6 Å². The lowest BCUT2D eigenvalue weighted by Gasteiger charge is -2.08. The van der Waals surface area contributed by atoms with E-state index in [2.05, 4.69) is 22.1 Å². The minimum absolute atomic E-state index is 0.238. The van der Waals surface area contributed by atoms with Gasteiger partial charge in [-0.1, -0.05) is 29.5 Å². The van der Waals surface area contributed by atoms with E-state index in [-0.39, 0.29) is 12.5 Å². The zero-order valence-corrected chi connectivity index (χ0v) is 12.1. The van der Waals surface area contributed by atoms with Crippen LogP contribution in [0.25, 0.3) is 0 Å². The van der Waals surface area contributed by atoms with Crippen LogP contribution < -0.4 is 5.32 Å². The third-order valence-electron chi connectivity index (χ3n) is 2.76. The van der Waals surface area contributed by atoms with Gasteiger partial charge in [0.1, 0.15) is 6.61 Å². The summed E-state index contributed by atoms with van der Waals surface area (Å²) in [6, 6.07) is 6.90. The van der Waals surface area contributed by atoms with E-state index >= 15 is 0 Å². The molecule has 2 aromatic rings. The van der Waals surface area contributed by atoms with Crippen molar-refractivity contribution in [1.82, 2.24) is 4.98 Å². The third-order valence-corrected chi connectivity index (χ3v) is 3.00. The molecule has 0 saturated carbocycles. The number of halogens is 1. The molecule has 0 unspecified atom stereocenters. The second-order valence-corrected chi connectivity index (χ2v) is 4.77. The molecule has 1 heterocycles. The number of pyridine rings is 1. The summed E-state index contributed by atoms with van der Waals surface area (Å²) in [4.78, 5) is 16.2. The number of hydrogen-bond donors (Lipinski definition) is 2. The fraction of sp³-hybridized carbons (Fsp3) is 0.125. The van der Waals surface area contributed by atoms with Crippen LogP contribution in [0.5, 0.6) is 0 Å². The molecule has 0 aliphatic carbocycles. The van der Waals surface area contributed by atoms with Crippen LogP contribution in [0.3, 0.4) is 0 Å². The average Bonchev–Trinajstić information content (AvgIpc) is 2.49. The van der Waals surface area contributed by atoms with E-state index < -0.39 is 0 Å². The van der Waals surface area contributed by atoms with E-state index in [4.69, 9.17) is 16.7 Å². The largest absolute Gasteiger partial charge is 0.384 e. The van der Waals surface area contributed by atoms with Gasteiger partial charge in [-0.05, 0) is 30.7 Å². The number of aliphatic hydroxyl groups excluding tert-OH is 1. The zero-order valence-electron chi connectivity index (χ0n) is 11.4. The molecule has 0 bridgehead atoms. The number of anilines is 1. The molecule has 0 atom stereocenters. The molecule has 106 valence electrons. The molecule has 5 heteroatoms. The van der Waals surface area contributed by atoms with E-state index in [1.165, 1.54) is 12.4 Å². The zero-order chi connectivity index (χ0) is 15.2. The standard InChI is InChI=1S/C16H13ClN2O2/c1-11-4-5-14(17)8-15(11)19-16(21)13-7-12(3-2-6-20)9-18-10-13/h4-5,7-10,20H,6H2,1H3,(H,19,21). The molecule has 2 rings (SSSR count). The molecule has 1 aromatic carbocycles. The van der Waals surface area contributed by atoms with Gasteiger partial charge in [0, 0.05) is 28.7 Å². The predicted molar refractivity (Wildman–Crippen MR) is 82.3 cm³/mol. The predicted octanol–water partition coefficient (Wildman–Crippen LogP) is 2.64. The number of nitrogens with zero attached hydrogens (tertiary/aromatic N) is 1. The first-order chi connectivity index (χ1) is 10.1. The van der Waals surface area contributed by atoms with E-state index in [1.807, 2.05) is 13.0 Å². The number of carbonyl (C=O) groups is 1. The first kappa shape index (κ1) is 15.0. The van der Waals surface area contributed by atoms with Gasteiger partial charge < -0.3 is 10.4 Å². The molecule has 1 aromatic heterocycles. The topological polar surface area (TPSA) is 62.2 Å². The summed E-state index contributed by atoms with van der Waals surface area (Å²) >= 11 is 5.92. The molecule has 0 aliphatic rings. The Morgan fingerprint density at radius 2 is 2.19 bits per heavy atom. The smallest absolute Gasteiger partial charge is 0.257 e. The Morgan fingerprint density at radius 3 is 2.95 bits per heavy atom. The van der Waals surface area contributed by atoms with Crippen molar-refractivity contribution in [3.05, 3.63) is 58.4 Å². The van der Waals surface area contributed by atoms with Crippen molar-refractivity contribution >= 4 is 23.2 Å². The summed E-state index contributed by atoms with van der Waals surface area (Å²) in [6.07, 6.45) is 2.99. The van der Waals surface area contributed by atoms with Gasteiger partial charge in [-0.15, -0.1) is 0 Å². The highest BCUT2D eigenvalue weighted by Crippen LogP contribution is 2.20. The average molecular weight is 301 g/mol. The molecule has 0 spiro atoms. The SMILES string of the molecule is Cc1ccc(Cl)cc1NC(=O)c1cncc(C#CCO)c1. The Kier molecular flexibility index (Phi) is 4.94. The van der Waals surface area contributed by atoms with Crippen LogP contribution in [0.2, 0.25) is 5.02 Å². The van der Waals surface area contributed by atoms with Crippen molar-refractivity contribution in [2.24, 2.45) is 0 Å². The van der Waals surface area contributed by atoms with Crippen molar-refractivity contribution in [1.29, 1.82) is 0 Å². The summed E-state index contributed by atoms with van der Waals surface area (Å²) in [5.74, 6) is 4.93. The number of hydrogen-bond acceptors (Lipinski definition) is 3. The van der Waals surface area contributed by atoms with E-state index in [9.17, 15) is 4.79 Å². The third kappa shape index (κ3) is 4.06. The summed E-state index contributed by atoms with van der Waals surface area (Å²) in [5, 5.41) is 12.0.